The number of halogens is 3. The number of hydrogen-bond donors (Lipinski definition) is 2. The van der Waals surface area contributed by atoms with Gasteiger partial charge < -0.3 is 4.74 Å². The van der Waals surface area contributed by atoms with Gasteiger partial charge in [-0.05, 0) is 30.7 Å². The number of hydrogen-bond acceptors (Lipinski definition) is 3. The van der Waals surface area contributed by atoms with Crippen LogP contribution in [0, 0.1) is 6.92 Å². The van der Waals surface area contributed by atoms with Crippen molar-refractivity contribution in [2.75, 3.05) is 0 Å². The monoisotopic (exact) mass is 294 g/mol. The lowest BCUT2D eigenvalue weighted by Crippen LogP contribution is -2.47. The van der Waals surface area contributed by atoms with Gasteiger partial charge in [0.05, 0.1) is 0 Å². The van der Waals surface area contributed by atoms with Gasteiger partial charge in [0.15, 0.2) is 0 Å². The molecule has 1 amide bonds. The number of nitrogens with two attached hydrogens (primary N) is 1. The third kappa shape index (κ3) is 2.89. The SMILES string of the molecule is Cc1cc(OC(F)(F)C(=O)NN)ccc1Br. The lowest BCUT2D eigenvalue weighted by atomic mass is 10.2. The molecule has 0 radical (unpaired) electrons. The van der Waals surface area contributed by atoms with E-state index in [1.54, 1.807) is 13.0 Å². The van der Waals surface area contributed by atoms with Gasteiger partial charge in [-0.15, -0.1) is 0 Å². The zero-order valence-corrected chi connectivity index (χ0v) is 9.85. The second-order valence-corrected chi connectivity index (χ2v) is 3.86. The van der Waals surface area contributed by atoms with Gasteiger partial charge in [0, 0.05) is 4.47 Å². The fourth-order valence-electron chi connectivity index (χ4n) is 0.959. The highest BCUT2D eigenvalue weighted by molar-refractivity contribution is 9.10. The van der Waals surface area contributed by atoms with Crippen molar-refractivity contribution in [1.82, 2.24) is 5.43 Å². The molecule has 16 heavy (non-hydrogen) atoms. The summed E-state index contributed by atoms with van der Waals surface area (Å²) in [4.78, 5) is 10.7. The Morgan fingerprint density at radius 2 is 2.19 bits per heavy atom. The molecule has 0 unspecified atom stereocenters. The molecule has 1 rings (SSSR count). The summed E-state index contributed by atoms with van der Waals surface area (Å²) in [6.45, 7) is 1.71. The number of carbonyl (C=O) groups is 1. The van der Waals surface area contributed by atoms with Crippen LogP contribution in [0.15, 0.2) is 22.7 Å². The predicted octanol–water partition coefficient (Wildman–Crippen LogP) is 1.72. The van der Waals surface area contributed by atoms with E-state index < -0.39 is 12.0 Å². The summed E-state index contributed by atoms with van der Waals surface area (Å²) < 4.78 is 31.0. The molecule has 0 aliphatic heterocycles. The Labute approximate surface area is 98.9 Å². The third-order valence-corrected chi connectivity index (χ3v) is 2.66. The first-order valence-electron chi connectivity index (χ1n) is 4.21. The second-order valence-electron chi connectivity index (χ2n) is 3.00. The standard InChI is InChI=1S/C9H9BrF2N2O2/c1-5-4-6(2-3-7(5)10)16-9(11,12)8(15)14-13/h2-4H,13H2,1H3,(H,14,15). The first-order valence-corrected chi connectivity index (χ1v) is 5.00. The van der Waals surface area contributed by atoms with Crippen LogP contribution in [0.4, 0.5) is 8.78 Å². The molecule has 4 nitrogen and oxygen atoms in total. The largest absolute Gasteiger partial charge is 0.483 e. The van der Waals surface area contributed by atoms with E-state index in [0.717, 1.165) is 4.47 Å². The number of aryl methyl sites for hydroxylation is 1. The van der Waals surface area contributed by atoms with Gasteiger partial charge in [0.1, 0.15) is 5.75 Å². The van der Waals surface area contributed by atoms with Gasteiger partial charge in [-0.3, -0.25) is 10.2 Å². The Balaban J connectivity index is 2.88. The molecule has 0 heterocycles. The normalized spacial score (nSPS) is 11.1. The van der Waals surface area contributed by atoms with Crippen molar-refractivity contribution in [2.24, 2.45) is 5.84 Å². The molecule has 0 bridgehead atoms. The number of nitrogens with one attached hydrogen (secondary N) is 1. The first-order chi connectivity index (χ1) is 7.36. The Hall–Kier alpha value is -1.21. The van der Waals surface area contributed by atoms with Crippen LogP contribution in [-0.2, 0) is 4.79 Å². The molecule has 0 aliphatic rings. The summed E-state index contributed by atoms with van der Waals surface area (Å²) in [5.74, 6) is 2.78. The van der Waals surface area contributed by atoms with Crippen LogP contribution in [0.5, 0.6) is 5.75 Å². The van der Waals surface area contributed by atoms with Crippen molar-refractivity contribution in [3.63, 3.8) is 0 Å². The minimum Gasteiger partial charge on any atom is -0.425 e. The summed E-state index contributed by atoms with van der Waals surface area (Å²) in [5.41, 5.74) is 2.04. The van der Waals surface area contributed by atoms with E-state index in [4.69, 9.17) is 0 Å². The minimum absolute atomic E-state index is 0.116. The highest BCUT2D eigenvalue weighted by Crippen LogP contribution is 2.26. The summed E-state index contributed by atoms with van der Waals surface area (Å²) in [5, 5.41) is 0. The summed E-state index contributed by atoms with van der Waals surface area (Å²) in [6.07, 6.45) is -3.99. The number of amides is 1. The van der Waals surface area contributed by atoms with Crippen molar-refractivity contribution in [2.45, 2.75) is 13.0 Å². The van der Waals surface area contributed by atoms with E-state index in [-0.39, 0.29) is 5.75 Å². The van der Waals surface area contributed by atoms with E-state index in [1.165, 1.54) is 17.6 Å². The zero-order chi connectivity index (χ0) is 12.3. The smallest absolute Gasteiger partial charge is 0.425 e. The third-order valence-electron chi connectivity index (χ3n) is 1.77. The maximum Gasteiger partial charge on any atom is 0.483 e. The topological polar surface area (TPSA) is 64.3 Å². The van der Waals surface area contributed by atoms with Gasteiger partial charge in [-0.1, -0.05) is 15.9 Å². The quantitative estimate of drug-likeness (QED) is 0.507. The zero-order valence-electron chi connectivity index (χ0n) is 8.26. The first kappa shape index (κ1) is 12.9. The molecule has 3 N–H and O–H groups in total. The van der Waals surface area contributed by atoms with Crippen molar-refractivity contribution < 1.29 is 18.3 Å². The lowest BCUT2D eigenvalue weighted by Gasteiger charge is -2.16. The Morgan fingerprint density at radius 3 is 2.69 bits per heavy atom. The van der Waals surface area contributed by atoms with Crippen molar-refractivity contribution in [3.05, 3.63) is 28.2 Å². The number of rotatable bonds is 3. The molecule has 88 valence electrons. The van der Waals surface area contributed by atoms with Gasteiger partial charge in [0.2, 0.25) is 0 Å². The second kappa shape index (κ2) is 4.75. The molecule has 7 heteroatoms. The number of benzene rings is 1. The van der Waals surface area contributed by atoms with Crippen LogP contribution in [-0.4, -0.2) is 12.0 Å². The fourth-order valence-corrected chi connectivity index (χ4v) is 1.21. The molecule has 0 spiro atoms. The van der Waals surface area contributed by atoms with Gasteiger partial charge in [0.25, 0.3) is 0 Å². The van der Waals surface area contributed by atoms with Crippen molar-refractivity contribution in [3.8, 4) is 5.75 Å². The number of ether oxygens (including phenoxy) is 1. The number of carbonyl (C=O) groups excluding carboxylic acids is 1. The molecule has 0 saturated heterocycles. The van der Waals surface area contributed by atoms with Gasteiger partial charge >= 0.3 is 12.0 Å². The molecule has 0 aromatic heterocycles. The Kier molecular flexibility index (Phi) is 3.82. The number of hydrazine groups is 1. The van der Waals surface area contributed by atoms with Crippen LogP contribution < -0.4 is 16.0 Å². The van der Waals surface area contributed by atoms with Gasteiger partial charge in [-0.2, -0.15) is 8.78 Å². The Bertz CT molecular complexity index is 412. The van der Waals surface area contributed by atoms with E-state index in [1.807, 2.05) is 0 Å². The van der Waals surface area contributed by atoms with E-state index >= 15 is 0 Å². The van der Waals surface area contributed by atoms with E-state index in [0.29, 0.717) is 5.56 Å². The molecule has 1 aromatic carbocycles. The molecule has 0 aliphatic carbocycles. The molecule has 0 saturated carbocycles. The average molecular weight is 295 g/mol. The van der Waals surface area contributed by atoms with E-state index in [2.05, 4.69) is 26.5 Å². The van der Waals surface area contributed by atoms with Crippen LogP contribution in [0.2, 0.25) is 0 Å². The number of alkyl halides is 2. The summed E-state index contributed by atoms with van der Waals surface area (Å²) in [7, 11) is 0. The van der Waals surface area contributed by atoms with E-state index in [9.17, 15) is 13.6 Å². The summed E-state index contributed by atoms with van der Waals surface area (Å²) in [6, 6.07) is 4.23. The minimum atomic E-state index is -3.99. The van der Waals surface area contributed by atoms with Crippen molar-refractivity contribution >= 4 is 21.8 Å². The summed E-state index contributed by atoms with van der Waals surface area (Å²) >= 11 is 3.21. The molecule has 0 atom stereocenters. The van der Waals surface area contributed by atoms with Crippen LogP contribution in [0.3, 0.4) is 0 Å². The fraction of sp³-hybridized carbons (Fsp3) is 0.222. The lowest BCUT2D eigenvalue weighted by molar-refractivity contribution is -0.192. The molecular weight excluding hydrogens is 286 g/mol. The highest BCUT2D eigenvalue weighted by atomic mass is 79.9. The maximum absolute atomic E-state index is 13.0. The molecule has 1 aromatic rings. The van der Waals surface area contributed by atoms with Crippen molar-refractivity contribution in [1.29, 1.82) is 0 Å². The molecule has 0 fully saturated rings. The van der Waals surface area contributed by atoms with Gasteiger partial charge in [-0.25, -0.2) is 5.84 Å². The van der Waals surface area contributed by atoms with Crippen LogP contribution in [0.25, 0.3) is 0 Å². The highest BCUT2D eigenvalue weighted by Gasteiger charge is 2.41. The van der Waals surface area contributed by atoms with Crippen LogP contribution >= 0.6 is 15.9 Å². The predicted molar refractivity (Wildman–Crippen MR) is 56.8 cm³/mol. The molecular formula is C9H9BrF2N2O2. The Morgan fingerprint density at radius 1 is 1.56 bits per heavy atom. The maximum atomic E-state index is 13.0. The average Bonchev–Trinajstić information content (AvgIpc) is 2.22. The van der Waals surface area contributed by atoms with Crippen LogP contribution in [0.1, 0.15) is 5.56 Å².